The third-order valence-corrected chi connectivity index (χ3v) is 7.85. The van der Waals surface area contributed by atoms with Crippen LogP contribution in [0.5, 0.6) is 0 Å². The summed E-state index contributed by atoms with van der Waals surface area (Å²) in [6.07, 6.45) is 0. The second kappa shape index (κ2) is 8.40. The summed E-state index contributed by atoms with van der Waals surface area (Å²) in [6.45, 7) is 0. The zero-order valence-corrected chi connectivity index (χ0v) is 20.4. The maximum Gasteiger partial charge on any atom is 0.264 e. The van der Waals surface area contributed by atoms with E-state index >= 15 is 0 Å². The number of amides is 3. The van der Waals surface area contributed by atoms with Crippen LogP contribution in [0, 0.1) is 5.82 Å². The molecule has 1 fully saturated rings. The van der Waals surface area contributed by atoms with Gasteiger partial charge in [0.05, 0.1) is 37.3 Å². The van der Waals surface area contributed by atoms with Gasteiger partial charge in [-0.25, -0.2) is 4.39 Å². The monoisotopic (exact) mass is 556 g/mol. The zero-order chi connectivity index (χ0) is 24.5. The van der Waals surface area contributed by atoms with Crippen LogP contribution >= 0.6 is 58.0 Å². The molecule has 3 aromatic rings. The first-order valence-electron chi connectivity index (χ1n) is 9.71. The molecule has 5 nitrogen and oxygen atoms in total. The third kappa shape index (κ3) is 3.32. The molecule has 0 radical (unpaired) electrons. The van der Waals surface area contributed by atoms with Crippen LogP contribution in [-0.4, -0.2) is 28.7 Å². The molecule has 172 valence electrons. The van der Waals surface area contributed by atoms with Crippen molar-refractivity contribution in [2.24, 2.45) is 0 Å². The normalized spacial score (nSPS) is 19.5. The second-order valence-electron chi connectivity index (χ2n) is 7.61. The van der Waals surface area contributed by atoms with Crippen LogP contribution in [0.2, 0.25) is 25.1 Å². The summed E-state index contributed by atoms with van der Waals surface area (Å²) in [6, 6.07) is 9.83. The molecule has 0 bridgehead atoms. The lowest BCUT2D eigenvalue weighted by Gasteiger charge is -2.49. The predicted molar refractivity (Wildman–Crippen MR) is 129 cm³/mol. The molecule has 2 aliphatic rings. The highest BCUT2D eigenvalue weighted by Crippen LogP contribution is 2.49. The fourth-order valence-electron chi connectivity index (χ4n) is 4.23. The lowest BCUT2D eigenvalue weighted by Crippen LogP contribution is -2.67. The molecule has 1 saturated heterocycles. The SMILES string of the molecule is O=C1c2c(Cl)c(Cl)c(Cl)c(Cl)c2C(=O)N1[C@H]1C(=O)N(c2ccc(Cl)cc2)[C@@H]1c1ccc(F)cc1. The molecular weight excluding hydrogens is 549 g/mol. The zero-order valence-electron chi connectivity index (χ0n) is 16.7. The van der Waals surface area contributed by atoms with Crippen LogP contribution in [0.25, 0.3) is 0 Å². The van der Waals surface area contributed by atoms with Crippen LogP contribution in [-0.2, 0) is 4.79 Å². The first-order chi connectivity index (χ1) is 16.1. The molecule has 2 heterocycles. The standard InChI is InChI=1S/C23H10Cl5FN2O3/c24-10-3-7-12(8-4-10)30-19(9-1-5-11(29)6-2-9)20(23(30)34)31-21(32)13-14(22(31)33)16(26)18(28)17(27)15(13)25/h1-8,19-20H/t19-,20-/m1/s1. The van der Waals surface area contributed by atoms with Crippen molar-refractivity contribution in [3.05, 3.63) is 96.2 Å². The van der Waals surface area contributed by atoms with E-state index in [2.05, 4.69) is 0 Å². The fourth-order valence-corrected chi connectivity index (χ4v) is 5.37. The second-order valence-corrected chi connectivity index (χ2v) is 9.56. The number of benzene rings is 3. The first kappa shape index (κ1) is 23.4. The number of imide groups is 1. The number of nitrogens with zero attached hydrogens (tertiary/aromatic N) is 2. The summed E-state index contributed by atoms with van der Waals surface area (Å²) in [4.78, 5) is 42.3. The van der Waals surface area contributed by atoms with E-state index in [1.807, 2.05) is 0 Å². The van der Waals surface area contributed by atoms with Crippen LogP contribution < -0.4 is 4.90 Å². The fraction of sp³-hybridized carbons (Fsp3) is 0.0870. The molecule has 0 saturated carbocycles. The first-order valence-corrected chi connectivity index (χ1v) is 11.6. The molecule has 34 heavy (non-hydrogen) atoms. The molecule has 0 aromatic heterocycles. The Balaban J connectivity index is 1.63. The van der Waals surface area contributed by atoms with Gasteiger partial charge in [0, 0.05) is 10.7 Å². The number of carbonyl (C=O) groups excluding carboxylic acids is 3. The summed E-state index contributed by atoms with van der Waals surface area (Å²) in [5, 5.41) is -0.344. The molecule has 5 rings (SSSR count). The highest BCUT2D eigenvalue weighted by atomic mass is 35.5. The van der Waals surface area contributed by atoms with Gasteiger partial charge in [-0.2, -0.15) is 0 Å². The Morgan fingerprint density at radius 1 is 0.618 bits per heavy atom. The van der Waals surface area contributed by atoms with Crippen molar-refractivity contribution in [1.29, 1.82) is 0 Å². The maximum atomic E-state index is 13.6. The molecule has 0 unspecified atom stereocenters. The van der Waals surface area contributed by atoms with E-state index in [4.69, 9.17) is 58.0 Å². The van der Waals surface area contributed by atoms with Gasteiger partial charge in [0.25, 0.3) is 17.7 Å². The van der Waals surface area contributed by atoms with Gasteiger partial charge in [-0.3, -0.25) is 19.3 Å². The quantitative estimate of drug-likeness (QED) is 0.153. The van der Waals surface area contributed by atoms with Crippen LogP contribution in [0.1, 0.15) is 32.3 Å². The topological polar surface area (TPSA) is 57.7 Å². The number of hydrogen-bond acceptors (Lipinski definition) is 3. The molecule has 0 spiro atoms. The summed E-state index contributed by atoms with van der Waals surface area (Å²) in [5.74, 6) is -2.67. The van der Waals surface area contributed by atoms with Gasteiger partial charge in [0.1, 0.15) is 11.9 Å². The number of halogens is 6. The summed E-state index contributed by atoms with van der Waals surface area (Å²) >= 11 is 30.6. The average molecular weight is 559 g/mol. The number of hydrogen-bond donors (Lipinski definition) is 0. The van der Waals surface area contributed by atoms with Crippen molar-refractivity contribution >= 4 is 81.4 Å². The van der Waals surface area contributed by atoms with Gasteiger partial charge in [-0.15, -0.1) is 0 Å². The number of carbonyl (C=O) groups is 3. The third-order valence-electron chi connectivity index (χ3n) is 5.79. The molecule has 0 N–H and O–H groups in total. The van der Waals surface area contributed by atoms with E-state index in [9.17, 15) is 18.8 Å². The minimum atomic E-state index is -1.24. The Bertz CT molecular complexity index is 1350. The molecule has 3 amide bonds. The summed E-state index contributed by atoms with van der Waals surface area (Å²) in [5.41, 5.74) is 0.549. The summed E-state index contributed by atoms with van der Waals surface area (Å²) < 4.78 is 13.6. The van der Waals surface area contributed by atoms with E-state index in [1.54, 1.807) is 24.3 Å². The van der Waals surface area contributed by atoms with Crippen molar-refractivity contribution in [3.8, 4) is 0 Å². The lowest BCUT2D eigenvalue weighted by atomic mass is 9.86. The van der Waals surface area contributed by atoms with Crippen molar-refractivity contribution in [3.63, 3.8) is 0 Å². The highest BCUT2D eigenvalue weighted by molar-refractivity contribution is 6.55. The van der Waals surface area contributed by atoms with E-state index in [0.717, 1.165) is 4.90 Å². The van der Waals surface area contributed by atoms with E-state index in [0.29, 0.717) is 16.3 Å². The van der Waals surface area contributed by atoms with Crippen molar-refractivity contribution in [2.75, 3.05) is 4.90 Å². The largest absolute Gasteiger partial charge is 0.300 e. The number of rotatable bonds is 3. The van der Waals surface area contributed by atoms with Crippen LogP contribution in [0.3, 0.4) is 0 Å². The lowest BCUT2D eigenvalue weighted by molar-refractivity contribution is -0.130. The van der Waals surface area contributed by atoms with Gasteiger partial charge >= 0.3 is 0 Å². The Labute approximate surface area is 217 Å². The minimum Gasteiger partial charge on any atom is -0.300 e. The minimum absolute atomic E-state index is 0.173. The Morgan fingerprint density at radius 2 is 1.12 bits per heavy atom. The molecular formula is C23H10Cl5FN2O3. The molecule has 11 heteroatoms. The van der Waals surface area contributed by atoms with Gasteiger partial charge < -0.3 is 4.90 Å². The predicted octanol–water partition coefficient (Wildman–Crippen LogP) is 6.85. The van der Waals surface area contributed by atoms with Crippen molar-refractivity contribution < 1.29 is 18.8 Å². The van der Waals surface area contributed by atoms with E-state index in [1.165, 1.54) is 29.2 Å². The highest BCUT2D eigenvalue weighted by Gasteiger charge is 2.58. The molecule has 3 aromatic carbocycles. The van der Waals surface area contributed by atoms with Gasteiger partial charge in [-0.1, -0.05) is 70.1 Å². The van der Waals surface area contributed by atoms with Crippen molar-refractivity contribution in [2.45, 2.75) is 12.1 Å². The summed E-state index contributed by atoms with van der Waals surface area (Å²) in [7, 11) is 0. The van der Waals surface area contributed by atoms with Gasteiger partial charge in [-0.05, 0) is 42.0 Å². The van der Waals surface area contributed by atoms with Gasteiger partial charge in [0.2, 0.25) is 0 Å². The van der Waals surface area contributed by atoms with E-state index < -0.39 is 35.6 Å². The average Bonchev–Trinajstić information content (AvgIpc) is 3.07. The Morgan fingerprint density at radius 3 is 1.62 bits per heavy atom. The van der Waals surface area contributed by atoms with Gasteiger partial charge in [0.15, 0.2) is 0 Å². The number of anilines is 1. The van der Waals surface area contributed by atoms with Crippen LogP contribution in [0.15, 0.2) is 48.5 Å². The smallest absolute Gasteiger partial charge is 0.264 e. The maximum absolute atomic E-state index is 13.6. The molecule has 0 aliphatic carbocycles. The van der Waals surface area contributed by atoms with E-state index in [-0.39, 0.29) is 31.2 Å². The number of fused-ring (bicyclic) bond motifs is 1. The Hall–Kier alpha value is -2.35. The van der Waals surface area contributed by atoms with Crippen molar-refractivity contribution in [1.82, 2.24) is 4.90 Å². The molecule has 2 aliphatic heterocycles. The molecule has 2 atom stereocenters. The van der Waals surface area contributed by atoms with Crippen LogP contribution in [0.4, 0.5) is 10.1 Å². The Kier molecular flexibility index (Phi) is 5.78. The number of β-lactam (4-membered cyclic amide) rings is 1.